The molecule has 3 aromatic rings. The van der Waals surface area contributed by atoms with Crippen LogP contribution in [0.3, 0.4) is 0 Å². The van der Waals surface area contributed by atoms with Crippen molar-refractivity contribution in [2.75, 3.05) is 6.54 Å². The molecule has 0 aliphatic carbocycles. The average Bonchev–Trinajstić information content (AvgIpc) is 3.05. The summed E-state index contributed by atoms with van der Waals surface area (Å²) in [6.07, 6.45) is 1.49. The Morgan fingerprint density at radius 2 is 2.13 bits per heavy atom. The van der Waals surface area contributed by atoms with Gasteiger partial charge in [-0.25, -0.2) is 8.78 Å². The largest absolute Gasteiger partial charge is 0.463 e. The van der Waals surface area contributed by atoms with Gasteiger partial charge >= 0.3 is 0 Å². The van der Waals surface area contributed by atoms with E-state index < -0.39 is 23.1 Å². The number of fused-ring (bicyclic) bond motifs is 1. The van der Waals surface area contributed by atoms with Crippen LogP contribution in [0.1, 0.15) is 23.0 Å². The number of furan rings is 1. The molecular formula is C16H14F2N2O3. The van der Waals surface area contributed by atoms with E-state index in [0.29, 0.717) is 17.2 Å². The minimum atomic E-state index is -1.68. The summed E-state index contributed by atoms with van der Waals surface area (Å²) >= 11 is 0. The zero-order valence-electron chi connectivity index (χ0n) is 12.2. The summed E-state index contributed by atoms with van der Waals surface area (Å²) in [6, 6.07) is 6.09. The Morgan fingerprint density at radius 1 is 1.35 bits per heavy atom. The van der Waals surface area contributed by atoms with Crippen LogP contribution in [0.4, 0.5) is 8.78 Å². The highest BCUT2D eigenvalue weighted by Crippen LogP contribution is 2.24. The number of benzene rings is 1. The standard InChI is InChI=1S/C16H14F2N2O3/c1-16(22,10-3-2-9(17)6-11(10)18)8-19-15(21)13-7-14-12(20-13)4-5-23-14/h2-7,20,22H,8H2,1H3,(H,19,21). The van der Waals surface area contributed by atoms with Crippen LogP contribution >= 0.6 is 0 Å². The number of carbonyl (C=O) groups excluding carboxylic acids is 1. The van der Waals surface area contributed by atoms with Crippen LogP contribution in [-0.4, -0.2) is 22.5 Å². The fraction of sp³-hybridized carbons (Fsp3) is 0.188. The number of carbonyl (C=O) groups is 1. The van der Waals surface area contributed by atoms with Crippen molar-refractivity contribution in [3.63, 3.8) is 0 Å². The van der Waals surface area contributed by atoms with E-state index in [0.717, 1.165) is 12.1 Å². The first-order valence-corrected chi connectivity index (χ1v) is 6.89. The molecule has 0 aliphatic rings. The molecule has 0 bridgehead atoms. The molecule has 2 heterocycles. The molecule has 1 unspecified atom stereocenters. The second-order valence-electron chi connectivity index (χ2n) is 5.46. The number of hydrogen-bond donors (Lipinski definition) is 3. The number of aliphatic hydroxyl groups is 1. The number of amides is 1. The second-order valence-corrected chi connectivity index (χ2v) is 5.46. The maximum Gasteiger partial charge on any atom is 0.267 e. The first-order chi connectivity index (χ1) is 10.9. The van der Waals surface area contributed by atoms with E-state index >= 15 is 0 Å². The van der Waals surface area contributed by atoms with E-state index in [1.807, 2.05) is 0 Å². The maximum atomic E-state index is 13.8. The highest BCUT2D eigenvalue weighted by Gasteiger charge is 2.28. The van der Waals surface area contributed by atoms with Crippen molar-refractivity contribution in [3.8, 4) is 0 Å². The van der Waals surface area contributed by atoms with Crippen molar-refractivity contribution >= 4 is 17.0 Å². The molecule has 0 aliphatic heterocycles. The smallest absolute Gasteiger partial charge is 0.267 e. The van der Waals surface area contributed by atoms with Crippen molar-refractivity contribution in [1.82, 2.24) is 10.3 Å². The topological polar surface area (TPSA) is 78.3 Å². The molecular weight excluding hydrogens is 306 g/mol. The van der Waals surface area contributed by atoms with E-state index in [2.05, 4.69) is 10.3 Å². The van der Waals surface area contributed by atoms with Crippen LogP contribution in [0, 0.1) is 11.6 Å². The number of hydrogen-bond acceptors (Lipinski definition) is 3. The molecule has 2 aromatic heterocycles. The molecule has 7 heteroatoms. The van der Waals surface area contributed by atoms with Crippen LogP contribution < -0.4 is 5.32 Å². The van der Waals surface area contributed by atoms with Crippen LogP contribution in [-0.2, 0) is 5.60 Å². The lowest BCUT2D eigenvalue weighted by Gasteiger charge is -2.24. The Bertz CT molecular complexity index is 839. The van der Waals surface area contributed by atoms with Gasteiger partial charge in [-0.15, -0.1) is 0 Å². The summed E-state index contributed by atoms with van der Waals surface area (Å²) in [5, 5.41) is 12.9. The molecule has 0 saturated heterocycles. The predicted molar refractivity (Wildman–Crippen MR) is 78.8 cm³/mol. The Labute approximate surface area is 129 Å². The fourth-order valence-corrected chi connectivity index (χ4v) is 2.34. The normalized spacial score (nSPS) is 13.9. The monoisotopic (exact) mass is 320 g/mol. The van der Waals surface area contributed by atoms with E-state index in [9.17, 15) is 18.7 Å². The molecule has 3 N–H and O–H groups in total. The molecule has 0 fully saturated rings. The number of aromatic amines is 1. The minimum absolute atomic E-state index is 0.0977. The molecule has 5 nitrogen and oxygen atoms in total. The van der Waals surface area contributed by atoms with Crippen LogP contribution in [0.15, 0.2) is 41.0 Å². The minimum Gasteiger partial charge on any atom is -0.463 e. The van der Waals surface area contributed by atoms with Crippen molar-refractivity contribution in [2.45, 2.75) is 12.5 Å². The SMILES string of the molecule is CC(O)(CNC(=O)c1cc2occc2[nH]1)c1ccc(F)cc1F. The fourth-order valence-electron chi connectivity index (χ4n) is 2.34. The summed E-state index contributed by atoms with van der Waals surface area (Å²) < 4.78 is 31.8. The third-order valence-electron chi connectivity index (χ3n) is 3.59. The Balaban J connectivity index is 1.73. The molecule has 0 radical (unpaired) electrons. The van der Waals surface area contributed by atoms with Gasteiger partial charge in [0.2, 0.25) is 0 Å². The summed E-state index contributed by atoms with van der Waals surface area (Å²) in [4.78, 5) is 14.9. The third kappa shape index (κ3) is 2.95. The molecule has 0 spiro atoms. The van der Waals surface area contributed by atoms with E-state index in [-0.39, 0.29) is 17.8 Å². The highest BCUT2D eigenvalue weighted by atomic mass is 19.1. The van der Waals surface area contributed by atoms with Gasteiger partial charge in [-0.3, -0.25) is 4.79 Å². The van der Waals surface area contributed by atoms with Crippen molar-refractivity contribution < 1.29 is 23.1 Å². The van der Waals surface area contributed by atoms with Crippen LogP contribution in [0.2, 0.25) is 0 Å². The lowest BCUT2D eigenvalue weighted by molar-refractivity contribution is 0.0493. The molecule has 0 saturated carbocycles. The van der Waals surface area contributed by atoms with Crippen molar-refractivity contribution in [2.24, 2.45) is 0 Å². The number of H-pyrrole nitrogens is 1. The van der Waals surface area contributed by atoms with Crippen molar-refractivity contribution in [1.29, 1.82) is 0 Å². The lowest BCUT2D eigenvalue weighted by Crippen LogP contribution is -2.39. The summed E-state index contributed by atoms with van der Waals surface area (Å²) in [5.74, 6) is -2.08. The predicted octanol–water partition coefficient (Wildman–Crippen LogP) is 2.68. The first kappa shape index (κ1) is 15.2. The first-order valence-electron chi connectivity index (χ1n) is 6.89. The quantitative estimate of drug-likeness (QED) is 0.691. The highest BCUT2D eigenvalue weighted by molar-refractivity contribution is 5.96. The van der Waals surface area contributed by atoms with Crippen LogP contribution in [0.25, 0.3) is 11.1 Å². The van der Waals surface area contributed by atoms with Gasteiger partial charge < -0.3 is 19.8 Å². The van der Waals surface area contributed by atoms with Gasteiger partial charge in [0.25, 0.3) is 5.91 Å². The average molecular weight is 320 g/mol. The van der Waals surface area contributed by atoms with E-state index in [4.69, 9.17) is 4.42 Å². The number of nitrogens with one attached hydrogen (secondary N) is 2. The van der Waals surface area contributed by atoms with Gasteiger partial charge in [0, 0.05) is 23.8 Å². The Kier molecular flexibility index (Phi) is 3.65. The van der Waals surface area contributed by atoms with E-state index in [1.54, 1.807) is 6.07 Å². The lowest BCUT2D eigenvalue weighted by atomic mass is 9.95. The van der Waals surface area contributed by atoms with Gasteiger partial charge in [0.15, 0.2) is 5.58 Å². The van der Waals surface area contributed by atoms with Gasteiger partial charge in [-0.05, 0) is 13.0 Å². The van der Waals surface area contributed by atoms with E-state index in [1.165, 1.54) is 19.3 Å². The molecule has 23 heavy (non-hydrogen) atoms. The summed E-state index contributed by atoms with van der Waals surface area (Å²) in [6.45, 7) is 1.10. The van der Waals surface area contributed by atoms with Gasteiger partial charge in [0.05, 0.1) is 18.3 Å². The molecule has 3 rings (SSSR count). The number of aromatic nitrogens is 1. The zero-order valence-corrected chi connectivity index (χ0v) is 12.2. The van der Waals surface area contributed by atoms with Gasteiger partial charge in [0.1, 0.15) is 22.9 Å². The Hall–Kier alpha value is -2.67. The molecule has 1 atom stereocenters. The summed E-state index contributed by atoms with van der Waals surface area (Å²) in [7, 11) is 0. The number of halogens is 2. The Morgan fingerprint density at radius 3 is 2.83 bits per heavy atom. The van der Waals surface area contributed by atoms with Gasteiger partial charge in [-0.2, -0.15) is 0 Å². The molecule has 120 valence electrons. The van der Waals surface area contributed by atoms with Crippen LogP contribution in [0.5, 0.6) is 0 Å². The maximum absolute atomic E-state index is 13.8. The van der Waals surface area contributed by atoms with Crippen molar-refractivity contribution in [3.05, 3.63) is 59.5 Å². The zero-order chi connectivity index (χ0) is 16.6. The number of rotatable bonds is 4. The van der Waals surface area contributed by atoms with Gasteiger partial charge in [-0.1, -0.05) is 6.07 Å². The molecule has 1 amide bonds. The molecule has 1 aromatic carbocycles. The summed E-state index contributed by atoms with van der Waals surface area (Å²) in [5.41, 5.74) is -0.314. The second kappa shape index (κ2) is 5.51. The third-order valence-corrected chi connectivity index (χ3v) is 3.59.